The molecule has 1 heterocycles. The van der Waals surface area contributed by atoms with Crippen LogP contribution in [0, 0.1) is 5.82 Å². The van der Waals surface area contributed by atoms with Gasteiger partial charge in [0.05, 0.1) is 21.8 Å². The number of hydrogen-bond acceptors (Lipinski definition) is 4. The maximum atomic E-state index is 14.1. The second-order valence-corrected chi connectivity index (χ2v) is 9.70. The molecule has 1 saturated carbocycles. The van der Waals surface area contributed by atoms with Gasteiger partial charge in [-0.25, -0.2) is 12.8 Å². The number of carbonyl (C=O) groups is 1. The van der Waals surface area contributed by atoms with Crippen LogP contribution in [-0.2, 0) is 15.4 Å². The third-order valence-electron chi connectivity index (χ3n) is 4.21. The highest BCUT2D eigenvalue weighted by atomic mass is 32.2. The van der Waals surface area contributed by atoms with Crippen molar-refractivity contribution in [1.29, 1.82) is 0 Å². The molecule has 8 heteroatoms. The van der Waals surface area contributed by atoms with E-state index in [1.165, 1.54) is 6.07 Å². The van der Waals surface area contributed by atoms with Gasteiger partial charge in [-0.15, -0.1) is 0 Å². The van der Waals surface area contributed by atoms with Crippen molar-refractivity contribution >= 4 is 21.4 Å². The lowest BCUT2D eigenvalue weighted by molar-refractivity contribution is 0.100. The lowest BCUT2D eigenvalue weighted by Gasteiger charge is -2.22. The summed E-state index contributed by atoms with van der Waals surface area (Å²) < 4.78 is 39.1. The Morgan fingerprint density at radius 2 is 1.92 bits per heavy atom. The fourth-order valence-electron chi connectivity index (χ4n) is 2.67. The number of aromatic nitrogens is 2. The van der Waals surface area contributed by atoms with Crippen LogP contribution < -0.4 is 5.32 Å². The average molecular weight is 379 g/mol. The molecule has 140 valence electrons. The topological polar surface area (TPSA) is 81.1 Å². The first-order valence-electron chi connectivity index (χ1n) is 8.38. The molecule has 1 aliphatic carbocycles. The fraction of sp³-hybridized carbons (Fsp3) is 0.444. The van der Waals surface area contributed by atoms with Crippen molar-refractivity contribution in [3.05, 3.63) is 41.5 Å². The predicted octanol–water partition coefficient (Wildman–Crippen LogP) is 3.31. The van der Waals surface area contributed by atoms with Gasteiger partial charge in [0.1, 0.15) is 11.5 Å². The Bertz CT molecular complexity index is 970. The summed E-state index contributed by atoms with van der Waals surface area (Å²) in [7, 11) is -3.51. The first kappa shape index (κ1) is 18.6. The molecule has 0 aliphatic heterocycles. The molecule has 0 atom stereocenters. The average Bonchev–Trinajstić information content (AvgIpc) is 3.25. The number of sulfone groups is 1. The van der Waals surface area contributed by atoms with Crippen molar-refractivity contribution in [2.45, 2.75) is 50.0 Å². The minimum atomic E-state index is -3.51. The molecule has 0 unspecified atom stereocenters. The quantitative estimate of drug-likeness (QED) is 0.827. The molecule has 0 radical (unpaired) electrons. The Balaban J connectivity index is 1.96. The van der Waals surface area contributed by atoms with Gasteiger partial charge >= 0.3 is 0 Å². The third-order valence-corrected chi connectivity index (χ3v) is 5.32. The van der Waals surface area contributed by atoms with Crippen LogP contribution >= 0.6 is 0 Å². The summed E-state index contributed by atoms with van der Waals surface area (Å²) in [4.78, 5) is 12.7. The van der Waals surface area contributed by atoms with Gasteiger partial charge in [0, 0.05) is 12.2 Å². The molecule has 0 spiro atoms. The molecule has 1 aliphatic rings. The smallest absolute Gasteiger partial charge is 0.274 e. The van der Waals surface area contributed by atoms with E-state index >= 15 is 0 Å². The number of halogens is 1. The van der Waals surface area contributed by atoms with Gasteiger partial charge in [-0.05, 0) is 57.9 Å². The number of nitrogens with one attached hydrogen (secondary N) is 1. The summed E-state index contributed by atoms with van der Waals surface area (Å²) in [5.41, 5.74) is 0.582. The molecule has 1 fully saturated rings. The van der Waals surface area contributed by atoms with Crippen LogP contribution in [0.15, 0.2) is 29.2 Å². The maximum absolute atomic E-state index is 14.1. The van der Waals surface area contributed by atoms with E-state index in [2.05, 4.69) is 10.4 Å². The Hall–Kier alpha value is -2.22. The second kappa shape index (κ2) is 6.19. The molecule has 1 amide bonds. The highest BCUT2D eigenvalue weighted by Crippen LogP contribution is 2.40. The van der Waals surface area contributed by atoms with E-state index in [0.717, 1.165) is 36.9 Å². The molecule has 6 nitrogen and oxygen atoms in total. The van der Waals surface area contributed by atoms with E-state index in [0.29, 0.717) is 11.6 Å². The summed E-state index contributed by atoms with van der Waals surface area (Å²) >= 11 is 0. The van der Waals surface area contributed by atoms with Crippen LogP contribution in [0.1, 0.15) is 55.7 Å². The van der Waals surface area contributed by atoms with E-state index in [1.54, 1.807) is 10.7 Å². The Kier molecular flexibility index (Phi) is 4.42. The zero-order valence-electron chi connectivity index (χ0n) is 15.2. The van der Waals surface area contributed by atoms with Crippen molar-refractivity contribution in [1.82, 2.24) is 9.78 Å². The molecule has 26 heavy (non-hydrogen) atoms. The summed E-state index contributed by atoms with van der Waals surface area (Å²) in [5, 5.41) is 7.04. The van der Waals surface area contributed by atoms with Gasteiger partial charge < -0.3 is 5.32 Å². The van der Waals surface area contributed by atoms with Crippen LogP contribution in [0.4, 0.5) is 10.1 Å². The van der Waals surface area contributed by atoms with Crippen LogP contribution in [0.3, 0.4) is 0 Å². The van der Waals surface area contributed by atoms with E-state index in [1.807, 2.05) is 20.8 Å². The standard InChI is InChI=1S/C18H22FN3O3S/c1-18(2,3)22-16(10-14(21-22)11-5-6-11)17(23)20-15-9-12(26(4,24)25)7-8-13(15)19/h7-11H,5-6H2,1-4H3,(H,20,23). The third kappa shape index (κ3) is 3.80. The molecule has 1 aromatic carbocycles. The van der Waals surface area contributed by atoms with Crippen molar-refractivity contribution in [3.63, 3.8) is 0 Å². The van der Waals surface area contributed by atoms with E-state index in [9.17, 15) is 17.6 Å². The zero-order chi connectivity index (χ0) is 19.3. The van der Waals surface area contributed by atoms with Gasteiger partial charge in [-0.2, -0.15) is 5.10 Å². The fourth-order valence-corrected chi connectivity index (χ4v) is 3.32. The number of nitrogens with zero attached hydrogens (tertiary/aromatic N) is 2. The van der Waals surface area contributed by atoms with Crippen molar-refractivity contribution < 1.29 is 17.6 Å². The number of hydrogen-bond donors (Lipinski definition) is 1. The van der Waals surface area contributed by atoms with E-state index in [-0.39, 0.29) is 10.6 Å². The van der Waals surface area contributed by atoms with Crippen molar-refractivity contribution in [2.75, 3.05) is 11.6 Å². The molecule has 0 bridgehead atoms. The van der Waals surface area contributed by atoms with Crippen LogP contribution in [0.25, 0.3) is 0 Å². The van der Waals surface area contributed by atoms with Gasteiger partial charge in [-0.1, -0.05) is 0 Å². The highest BCUT2D eigenvalue weighted by molar-refractivity contribution is 7.90. The van der Waals surface area contributed by atoms with Gasteiger partial charge in [0.2, 0.25) is 0 Å². The van der Waals surface area contributed by atoms with E-state index in [4.69, 9.17) is 0 Å². The normalized spacial score (nSPS) is 15.1. The van der Waals surface area contributed by atoms with Gasteiger partial charge in [0.25, 0.3) is 5.91 Å². The zero-order valence-corrected chi connectivity index (χ0v) is 16.0. The van der Waals surface area contributed by atoms with Crippen LogP contribution in [-0.4, -0.2) is 30.4 Å². The lowest BCUT2D eigenvalue weighted by Crippen LogP contribution is -2.29. The molecule has 1 aromatic heterocycles. The SMILES string of the molecule is CC(C)(C)n1nc(C2CC2)cc1C(=O)Nc1cc(S(C)(=O)=O)ccc1F. The molecule has 0 saturated heterocycles. The Labute approximate surface area is 152 Å². The second-order valence-electron chi connectivity index (χ2n) is 7.68. The summed E-state index contributed by atoms with van der Waals surface area (Å²) in [6.45, 7) is 5.79. The van der Waals surface area contributed by atoms with Gasteiger partial charge in [0.15, 0.2) is 9.84 Å². The summed E-state index contributed by atoms with van der Waals surface area (Å²) in [6.07, 6.45) is 3.13. The molecular formula is C18H22FN3O3S. The van der Waals surface area contributed by atoms with Crippen molar-refractivity contribution in [2.24, 2.45) is 0 Å². The van der Waals surface area contributed by atoms with Crippen LogP contribution in [0.2, 0.25) is 0 Å². The monoisotopic (exact) mass is 379 g/mol. The largest absolute Gasteiger partial charge is 0.318 e. The molecule has 1 N–H and O–H groups in total. The first-order valence-corrected chi connectivity index (χ1v) is 10.3. The van der Waals surface area contributed by atoms with Crippen molar-refractivity contribution in [3.8, 4) is 0 Å². The summed E-state index contributed by atoms with van der Waals surface area (Å²) in [5.74, 6) is -0.852. The van der Waals surface area contributed by atoms with Gasteiger partial charge in [-0.3, -0.25) is 9.48 Å². The Morgan fingerprint density at radius 3 is 2.46 bits per heavy atom. The highest BCUT2D eigenvalue weighted by Gasteiger charge is 2.31. The molecule has 2 aromatic rings. The minimum Gasteiger partial charge on any atom is -0.318 e. The number of anilines is 1. The first-order chi connectivity index (χ1) is 12.0. The molecular weight excluding hydrogens is 357 g/mol. The maximum Gasteiger partial charge on any atom is 0.274 e. The minimum absolute atomic E-state index is 0.0581. The number of carbonyl (C=O) groups excluding carboxylic acids is 1. The lowest BCUT2D eigenvalue weighted by atomic mass is 10.1. The number of rotatable bonds is 4. The van der Waals surface area contributed by atoms with Crippen LogP contribution in [0.5, 0.6) is 0 Å². The molecule has 3 rings (SSSR count). The Morgan fingerprint density at radius 1 is 1.27 bits per heavy atom. The summed E-state index contributed by atoms with van der Waals surface area (Å²) in [6, 6.07) is 5.06. The number of amides is 1. The number of benzene rings is 1. The predicted molar refractivity (Wildman–Crippen MR) is 96.7 cm³/mol. The van der Waals surface area contributed by atoms with E-state index < -0.39 is 27.1 Å².